The van der Waals surface area contributed by atoms with Gasteiger partial charge in [0.05, 0.1) is 13.1 Å². The van der Waals surface area contributed by atoms with E-state index in [0.29, 0.717) is 0 Å². The Balaban J connectivity index is 2.46. The largest absolute Gasteiger partial charge is 0.350 e. The molecule has 1 atom stereocenters. The van der Waals surface area contributed by atoms with Crippen molar-refractivity contribution in [1.82, 2.24) is 5.32 Å². The first-order valence-corrected chi connectivity index (χ1v) is 6.73. The summed E-state index contributed by atoms with van der Waals surface area (Å²) in [7, 11) is 0. The molecule has 19 heavy (non-hydrogen) atoms. The van der Waals surface area contributed by atoms with Gasteiger partial charge in [0, 0.05) is 10.9 Å². The molecule has 1 rings (SSSR count). The minimum atomic E-state index is -3.05. The average molecular weight is 335 g/mol. The maximum absolute atomic E-state index is 12.9. The van der Waals surface area contributed by atoms with Gasteiger partial charge < -0.3 is 11.1 Å². The fourth-order valence-corrected chi connectivity index (χ4v) is 1.82. The van der Waals surface area contributed by atoms with Crippen LogP contribution in [-0.4, -0.2) is 24.9 Å². The summed E-state index contributed by atoms with van der Waals surface area (Å²) in [5.41, 5.74) is 5.88. The molecule has 0 aliphatic rings. The highest BCUT2D eigenvalue weighted by Crippen LogP contribution is 2.21. The molecule has 0 radical (unpaired) electrons. The Hall–Kier alpha value is -1.01. The van der Waals surface area contributed by atoms with Crippen molar-refractivity contribution in [3.05, 3.63) is 34.3 Å². The first-order chi connectivity index (χ1) is 8.84. The second-order valence-corrected chi connectivity index (χ2v) is 5.41. The quantitative estimate of drug-likeness (QED) is 0.840. The van der Waals surface area contributed by atoms with E-state index < -0.39 is 24.9 Å². The normalized spacial score (nSPS) is 13.1. The first-order valence-electron chi connectivity index (χ1n) is 5.94. The van der Waals surface area contributed by atoms with Gasteiger partial charge in [-0.15, -0.1) is 0 Å². The molecule has 1 aromatic rings. The number of benzene rings is 1. The molecule has 6 heteroatoms. The summed E-state index contributed by atoms with van der Waals surface area (Å²) in [4.78, 5) is 11.6. The van der Waals surface area contributed by atoms with Crippen LogP contribution in [0, 0.1) is 0 Å². The zero-order valence-corrected chi connectivity index (χ0v) is 12.2. The zero-order valence-electron chi connectivity index (χ0n) is 10.6. The summed E-state index contributed by atoms with van der Waals surface area (Å²) in [6.45, 7) is 0.398. The van der Waals surface area contributed by atoms with E-state index >= 15 is 0 Å². The fraction of sp³-hybridized carbons (Fsp3) is 0.462. The number of carbonyl (C=O) groups is 1. The molecule has 0 saturated heterocycles. The highest BCUT2D eigenvalue weighted by molar-refractivity contribution is 9.10. The van der Waals surface area contributed by atoms with Crippen LogP contribution in [0.25, 0.3) is 0 Å². The molecule has 0 spiro atoms. The molecule has 0 bridgehead atoms. The van der Waals surface area contributed by atoms with E-state index in [4.69, 9.17) is 5.73 Å². The van der Waals surface area contributed by atoms with Gasteiger partial charge in [-0.3, -0.25) is 4.79 Å². The average Bonchev–Trinajstić information content (AvgIpc) is 2.37. The maximum Gasteiger partial charge on any atom is 0.277 e. The molecule has 0 aliphatic carbocycles. The zero-order chi connectivity index (χ0) is 14.5. The Labute approximate surface area is 119 Å². The van der Waals surface area contributed by atoms with Crippen LogP contribution in [0.15, 0.2) is 28.7 Å². The molecule has 1 amide bonds. The van der Waals surface area contributed by atoms with Crippen LogP contribution >= 0.6 is 15.9 Å². The molecule has 0 aliphatic heterocycles. The predicted octanol–water partition coefficient (Wildman–Crippen LogP) is 2.65. The van der Waals surface area contributed by atoms with E-state index in [1.807, 2.05) is 31.2 Å². The minimum absolute atomic E-state index is 0.0281. The minimum Gasteiger partial charge on any atom is -0.350 e. The lowest BCUT2D eigenvalue weighted by molar-refractivity contribution is -0.123. The lowest BCUT2D eigenvalue weighted by Gasteiger charge is -2.16. The number of amides is 1. The summed E-state index contributed by atoms with van der Waals surface area (Å²) in [5.74, 6) is -3.47. The van der Waals surface area contributed by atoms with Crippen molar-refractivity contribution in [2.24, 2.45) is 5.73 Å². The first kappa shape index (κ1) is 16.0. The van der Waals surface area contributed by atoms with Gasteiger partial charge in [0.2, 0.25) is 5.91 Å². The Morgan fingerprint density at radius 1 is 1.42 bits per heavy atom. The predicted molar refractivity (Wildman–Crippen MR) is 74.2 cm³/mol. The fourth-order valence-electron chi connectivity index (χ4n) is 1.56. The second kappa shape index (κ2) is 6.96. The number of alkyl halides is 2. The molecule has 3 nitrogen and oxygen atoms in total. The van der Waals surface area contributed by atoms with Gasteiger partial charge >= 0.3 is 0 Å². The molecule has 0 fully saturated rings. The van der Waals surface area contributed by atoms with Crippen molar-refractivity contribution in [2.75, 3.05) is 13.1 Å². The van der Waals surface area contributed by atoms with Gasteiger partial charge in [0.1, 0.15) is 0 Å². The number of hydrogen-bond donors (Lipinski definition) is 2. The van der Waals surface area contributed by atoms with Gasteiger partial charge in [0.25, 0.3) is 5.92 Å². The monoisotopic (exact) mass is 334 g/mol. The Morgan fingerprint density at radius 2 is 2.00 bits per heavy atom. The number of nitrogens with two attached hydrogens (primary N) is 1. The van der Waals surface area contributed by atoms with Crippen LogP contribution in [0.1, 0.15) is 24.8 Å². The highest BCUT2D eigenvalue weighted by Gasteiger charge is 2.27. The standard InChI is InChI=1S/C13H17BrF2N2O/c1-9(10-2-4-11(14)5-3-10)6-12(19)18-8-13(15,16)7-17/h2-5,9H,6-8,17H2,1H3,(H,18,19). The summed E-state index contributed by atoms with van der Waals surface area (Å²) < 4.78 is 26.7. The van der Waals surface area contributed by atoms with Crippen molar-refractivity contribution in [1.29, 1.82) is 0 Å². The lowest BCUT2D eigenvalue weighted by atomic mass is 9.97. The molecular weight excluding hydrogens is 318 g/mol. The van der Waals surface area contributed by atoms with Crippen molar-refractivity contribution < 1.29 is 13.6 Å². The van der Waals surface area contributed by atoms with E-state index in [-0.39, 0.29) is 12.3 Å². The van der Waals surface area contributed by atoms with Crippen molar-refractivity contribution in [3.8, 4) is 0 Å². The van der Waals surface area contributed by atoms with E-state index in [2.05, 4.69) is 21.2 Å². The van der Waals surface area contributed by atoms with Gasteiger partial charge in [0.15, 0.2) is 0 Å². The van der Waals surface area contributed by atoms with Crippen LogP contribution in [-0.2, 0) is 4.79 Å². The molecule has 1 unspecified atom stereocenters. The van der Waals surface area contributed by atoms with E-state index in [9.17, 15) is 13.6 Å². The number of rotatable bonds is 6. The third-order valence-electron chi connectivity index (χ3n) is 2.77. The SMILES string of the molecule is CC(CC(=O)NCC(F)(F)CN)c1ccc(Br)cc1. The third kappa shape index (κ3) is 5.65. The van der Waals surface area contributed by atoms with Crippen LogP contribution < -0.4 is 11.1 Å². The highest BCUT2D eigenvalue weighted by atomic mass is 79.9. The number of nitrogens with one attached hydrogen (secondary N) is 1. The van der Waals surface area contributed by atoms with Crippen molar-refractivity contribution in [3.63, 3.8) is 0 Å². The van der Waals surface area contributed by atoms with Gasteiger partial charge in [-0.1, -0.05) is 35.0 Å². The molecule has 0 heterocycles. The number of halogens is 3. The Morgan fingerprint density at radius 3 is 2.53 bits per heavy atom. The molecule has 3 N–H and O–H groups in total. The third-order valence-corrected chi connectivity index (χ3v) is 3.30. The molecule has 0 saturated carbocycles. The Kier molecular flexibility index (Phi) is 5.87. The van der Waals surface area contributed by atoms with Crippen molar-refractivity contribution >= 4 is 21.8 Å². The molecule has 1 aromatic carbocycles. The van der Waals surface area contributed by atoms with Crippen LogP contribution in [0.2, 0.25) is 0 Å². The molecule has 106 valence electrons. The van der Waals surface area contributed by atoms with Gasteiger partial charge in [-0.2, -0.15) is 0 Å². The van der Waals surface area contributed by atoms with Gasteiger partial charge in [-0.25, -0.2) is 8.78 Å². The van der Waals surface area contributed by atoms with Crippen LogP contribution in [0.5, 0.6) is 0 Å². The smallest absolute Gasteiger partial charge is 0.277 e. The second-order valence-electron chi connectivity index (χ2n) is 4.49. The summed E-state index contributed by atoms with van der Waals surface area (Å²) in [6, 6.07) is 7.56. The van der Waals surface area contributed by atoms with Crippen molar-refractivity contribution in [2.45, 2.75) is 25.2 Å². The van der Waals surface area contributed by atoms with Crippen LogP contribution in [0.3, 0.4) is 0 Å². The maximum atomic E-state index is 12.9. The summed E-state index contributed by atoms with van der Waals surface area (Å²) in [5, 5.41) is 2.21. The van der Waals surface area contributed by atoms with E-state index in [1.165, 1.54) is 0 Å². The number of carbonyl (C=O) groups excluding carboxylic acids is 1. The van der Waals surface area contributed by atoms with E-state index in [1.54, 1.807) is 0 Å². The summed E-state index contributed by atoms with van der Waals surface area (Å²) in [6.07, 6.45) is 0.169. The Bertz CT molecular complexity index is 423. The molecule has 0 aromatic heterocycles. The van der Waals surface area contributed by atoms with Crippen LogP contribution in [0.4, 0.5) is 8.78 Å². The molecular formula is C13H17BrF2N2O. The van der Waals surface area contributed by atoms with Gasteiger partial charge in [-0.05, 0) is 23.6 Å². The summed E-state index contributed by atoms with van der Waals surface area (Å²) >= 11 is 3.33. The number of hydrogen-bond acceptors (Lipinski definition) is 2. The topological polar surface area (TPSA) is 55.1 Å². The lowest BCUT2D eigenvalue weighted by Crippen LogP contribution is -2.41. The van der Waals surface area contributed by atoms with E-state index in [0.717, 1.165) is 10.0 Å².